The molecule has 2 aliphatic rings. The first-order valence-corrected chi connectivity index (χ1v) is 11.4. The van der Waals surface area contributed by atoms with E-state index in [-0.39, 0.29) is 23.3 Å². The molecular weight excluding hydrogens is 426 g/mol. The minimum atomic E-state index is -0.330. The summed E-state index contributed by atoms with van der Waals surface area (Å²) in [4.78, 5) is 32.6. The van der Waals surface area contributed by atoms with Crippen molar-refractivity contribution in [2.24, 2.45) is 5.41 Å². The van der Waals surface area contributed by atoms with Crippen molar-refractivity contribution in [1.29, 1.82) is 0 Å². The topological polar surface area (TPSA) is 79.6 Å². The van der Waals surface area contributed by atoms with Crippen molar-refractivity contribution in [3.05, 3.63) is 58.5 Å². The molecule has 1 N–H and O–H groups in total. The second kappa shape index (κ2) is 7.89. The van der Waals surface area contributed by atoms with E-state index in [1.165, 1.54) is 0 Å². The highest BCUT2D eigenvalue weighted by atomic mass is 35.5. The second-order valence-electron chi connectivity index (χ2n) is 9.05. The number of amides is 2. The summed E-state index contributed by atoms with van der Waals surface area (Å²) in [6.45, 7) is 4.57. The van der Waals surface area contributed by atoms with Crippen molar-refractivity contribution in [3.8, 4) is 0 Å². The van der Waals surface area contributed by atoms with Crippen LogP contribution < -0.4 is 10.2 Å². The molecule has 2 aromatic heterocycles. The first-order chi connectivity index (χ1) is 15.4. The summed E-state index contributed by atoms with van der Waals surface area (Å²) in [7, 11) is 0. The second-order valence-corrected chi connectivity index (χ2v) is 9.48. The summed E-state index contributed by atoms with van der Waals surface area (Å²) in [5.41, 5.74) is 3.39. The normalized spacial score (nSPS) is 23.3. The Bertz CT molecular complexity index is 1210. The summed E-state index contributed by atoms with van der Waals surface area (Å²) in [6, 6.07) is 9.45. The summed E-state index contributed by atoms with van der Waals surface area (Å²) in [6.07, 6.45) is 5.54. The summed E-state index contributed by atoms with van der Waals surface area (Å²) in [5, 5.41) is 8.10. The van der Waals surface area contributed by atoms with Gasteiger partial charge in [-0.2, -0.15) is 5.10 Å². The lowest BCUT2D eigenvalue weighted by molar-refractivity contribution is -0.127. The van der Waals surface area contributed by atoms with Crippen LogP contribution >= 0.6 is 11.6 Å². The van der Waals surface area contributed by atoms with Gasteiger partial charge in [0.1, 0.15) is 5.56 Å². The number of nitrogens with zero attached hydrogens (tertiary/aromatic N) is 4. The van der Waals surface area contributed by atoms with Gasteiger partial charge in [-0.05, 0) is 70.2 Å². The number of fused-ring (bicyclic) bond motifs is 1. The summed E-state index contributed by atoms with van der Waals surface area (Å²) < 4.78 is 1.69. The number of anilines is 1. The number of carbonyl (C=O) groups is 2. The number of carbonyl (C=O) groups excluding carboxylic acids is 2. The molecule has 2 amide bonds. The number of hydrogen-bond donors (Lipinski definition) is 1. The van der Waals surface area contributed by atoms with Crippen LogP contribution in [0, 0.1) is 19.3 Å². The predicted molar refractivity (Wildman–Crippen MR) is 123 cm³/mol. The minimum absolute atomic E-state index is 0.0435. The Morgan fingerprint density at radius 3 is 2.72 bits per heavy atom. The predicted octanol–water partition coefficient (Wildman–Crippen LogP) is 4.10. The molecule has 1 saturated heterocycles. The lowest BCUT2D eigenvalue weighted by Gasteiger charge is -2.36. The maximum atomic E-state index is 13.3. The van der Waals surface area contributed by atoms with Crippen LogP contribution in [0.3, 0.4) is 0 Å². The van der Waals surface area contributed by atoms with Crippen molar-refractivity contribution < 1.29 is 9.59 Å². The van der Waals surface area contributed by atoms with Crippen LogP contribution in [0.25, 0.3) is 5.65 Å². The van der Waals surface area contributed by atoms with Crippen molar-refractivity contribution in [1.82, 2.24) is 19.9 Å². The zero-order valence-electron chi connectivity index (χ0n) is 18.3. The number of hydrogen-bond acceptors (Lipinski definition) is 4. The van der Waals surface area contributed by atoms with E-state index in [2.05, 4.69) is 15.4 Å². The number of nitrogens with one attached hydrogen (secondary N) is 1. The van der Waals surface area contributed by atoms with Gasteiger partial charge in [0.25, 0.3) is 5.91 Å². The van der Waals surface area contributed by atoms with Crippen LogP contribution in [0.4, 0.5) is 5.69 Å². The molecule has 1 saturated carbocycles. The quantitative estimate of drug-likeness (QED) is 0.650. The Labute approximate surface area is 191 Å². The number of aromatic nitrogens is 3. The average Bonchev–Trinajstić information content (AvgIpc) is 3.32. The van der Waals surface area contributed by atoms with Gasteiger partial charge in [0.15, 0.2) is 5.65 Å². The molecule has 0 unspecified atom stereocenters. The third-order valence-corrected chi connectivity index (χ3v) is 7.17. The molecule has 8 heteroatoms. The first-order valence-electron chi connectivity index (χ1n) is 11.1. The Hall–Kier alpha value is -2.93. The van der Waals surface area contributed by atoms with Crippen LogP contribution in [-0.4, -0.2) is 39.0 Å². The molecule has 166 valence electrons. The lowest BCUT2D eigenvalue weighted by atomic mass is 9.71. The highest BCUT2D eigenvalue weighted by Gasteiger charge is 2.48. The van der Waals surface area contributed by atoms with Crippen molar-refractivity contribution in [2.75, 3.05) is 11.4 Å². The van der Waals surface area contributed by atoms with Gasteiger partial charge in [-0.1, -0.05) is 17.7 Å². The fourth-order valence-electron chi connectivity index (χ4n) is 5.18. The van der Waals surface area contributed by atoms with Crippen LogP contribution in [0.15, 0.2) is 36.5 Å². The minimum Gasteiger partial charge on any atom is -0.349 e. The van der Waals surface area contributed by atoms with Gasteiger partial charge >= 0.3 is 0 Å². The van der Waals surface area contributed by atoms with Gasteiger partial charge in [-0.25, -0.2) is 9.50 Å². The molecule has 1 aliphatic carbocycles. The number of aryl methyl sites for hydroxylation is 2. The van der Waals surface area contributed by atoms with E-state index < -0.39 is 0 Å². The van der Waals surface area contributed by atoms with Crippen LogP contribution in [0.1, 0.15) is 53.8 Å². The van der Waals surface area contributed by atoms with Crippen molar-refractivity contribution in [2.45, 2.75) is 52.0 Å². The molecule has 0 radical (unpaired) electrons. The molecule has 5 rings (SSSR count). The lowest BCUT2D eigenvalue weighted by Crippen LogP contribution is -2.43. The van der Waals surface area contributed by atoms with Crippen LogP contribution in [0.5, 0.6) is 0 Å². The largest absolute Gasteiger partial charge is 0.349 e. The smallest absolute Gasteiger partial charge is 0.256 e. The molecule has 2 fully saturated rings. The fraction of sp³-hybridized carbons (Fsp3) is 0.417. The molecule has 32 heavy (non-hydrogen) atoms. The van der Waals surface area contributed by atoms with Crippen LogP contribution in [-0.2, 0) is 4.79 Å². The third-order valence-electron chi connectivity index (χ3n) is 6.93. The summed E-state index contributed by atoms with van der Waals surface area (Å²) >= 11 is 6.12. The third kappa shape index (κ3) is 3.54. The Morgan fingerprint density at radius 1 is 1.19 bits per heavy atom. The number of rotatable bonds is 3. The van der Waals surface area contributed by atoms with Crippen molar-refractivity contribution >= 4 is 34.7 Å². The standard InChI is InChI=1S/C24H26ClN5O2/c1-15-12-16(2)30-21(27-15)20(14-26-30)22(31)28-18-6-8-24(9-7-18)10-11-29(23(24)32)19-5-3-4-17(25)13-19/h3-5,12-14,18H,6-11H2,1-2H3,(H,28,31). The molecule has 0 atom stereocenters. The Kier molecular flexibility index (Phi) is 5.16. The van der Waals surface area contributed by atoms with Crippen molar-refractivity contribution in [3.63, 3.8) is 0 Å². The number of halogens is 1. The van der Waals surface area contributed by atoms with E-state index in [0.29, 0.717) is 22.8 Å². The first kappa shape index (κ1) is 20.9. The van der Waals surface area contributed by atoms with Gasteiger partial charge < -0.3 is 10.2 Å². The highest BCUT2D eigenvalue weighted by Crippen LogP contribution is 2.46. The maximum absolute atomic E-state index is 13.3. The number of benzene rings is 1. The van der Waals surface area contributed by atoms with Gasteiger partial charge in [0, 0.05) is 34.7 Å². The van der Waals surface area contributed by atoms with Gasteiger partial charge in [0.2, 0.25) is 5.91 Å². The zero-order valence-corrected chi connectivity index (χ0v) is 19.0. The Balaban J connectivity index is 1.26. The molecule has 0 bridgehead atoms. The Morgan fingerprint density at radius 2 is 1.97 bits per heavy atom. The molecular formula is C24H26ClN5O2. The molecule has 3 heterocycles. The van der Waals surface area contributed by atoms with Gasteiger partial charge in [0.05, 0.1) is 11.6 Å². The van der Waals surface area contributed by atoms with Gasteiger partial charge in [-0.3, -0.25) is 9.59 Å². The molecule has 7 nitrogen and oxygen atoms in total. The summed E-state index contributed by atoms with van der Waals surface area (Å²) in [5.74, 6) is 0.0269. The monoisotopic (exact) mass is 451 g/mol. The van der Waals surface area contributed by atoms with E-state index in [1.54, 1.807) is 10.7 Å². The van der Waals surface area contributed by atoms with Crippen LogP contribution in [0.2, 0.25) is 5.02 Å². The molecule has 1 spiro atoms. The maximum Gasteiger partial charge on any atom is 0.256 e. The molecule has 1 aliphatic heterocycles. The SMILES string of the molecule is Cc1cc(C)n2ncc(C(=O)NC3CCC4(CC3)CCN(c3cccc(Cl)c3)C4=O)c2n1. The van der Waals surface area contributed by atoms with E-state index in [1.807, 2.05) is 49.1 Å². The fourth-order valence-corrected chi connectivity index (χ4v) is 5.37. The van der Waals surface area contributed by atoms with E-state index >= 15 is 0 Å². The van der Waals surface area contributed by atoms with Gasteiger partial charge in [-0.15, -0.1) is 0 Å². The van der Waals surface area contributed by atoms with E-state index in [0.717, 1.165) is 49.2 Å². The molecule has 3 aromatic rings. The average molecular weight is 452 g/mol. The highest BCUT2D eigenvalue weighted by molar-refractivity contribution is 6.31. The zero-order chi connectivity index (χ0) is 22.5. The molecule has 1 aromatic carbocycles. The van der Waals surface area contributed by atoms with E-state index in [4.69, 9.17) is 11.6 Å². The van der Waals surface area contributed by atoms with E-state index in [9.17, 15) is 9.59 Å².